The Morgan fingerprint density at radius 1 is 1.43 bits per heavy atom. The van der Waals surface area contributed by atoms with Gasteiger partial charge in [-0.1, -0.05) is 13.0 Å². The molecule has 0 aliphatic heterocycles. The summed E-state index contributed by atoms with van der Waals surface area (Å²) in [4.78, 5) is 0. The van der Waals surface area contributed by atoms with Gasteiger partial charge in [0.25, 0.3) is 0 Å². The molecule has 0 aliphatic rings. The number of nitrogens with two attached hydrogens (primary N) is 1. The second-order valence-electron chi connectivity index (χ2n) is 3.03. The van der Waals surface area contributed by atoms with Crippen LogP contribution in [0, 0.1) is 5.41 Å². The minimum absolute atomic E-state index is 0.0590. The minimum atomic E-state index is 0.0590. The minimum Gasteiger partial charge on any atom is -0.493 e. The van der Waals surface area contributed by atoms with Crippen LogP contribution >= 0.6 is 0 Å². The van der Waals surface area contributed by atoms with E-state index in [1.807, 2.05) is 25.1 Å². The van der Waals surface area contributed by atoms with Gasteiger partial charge in [-0.2, -0.15) is 0 Å². The van der Waals surface area contributed by atoms with Gasteiger partial charge in [0, 0.05) is 0 Å². The molecule has 0 saturated heterocycles. The topological polar surface area (TPSA) is 59.1 Å². The van der Waals surface area contributed by atoms with E-state index in [1.54, 1.807) is 0 Å². The first-order valence-corrected chi connectivity index (χ1v) is 4.79. The highest BCUT2D eigenvalue weighted by Crippen LogP contribution is 2.19. The molecule has 0 fully saturated rings. The van der Waals surface area contributed by atoms with Crippen molar-refractivity contribution in [2.75, 3.05) is 6.61 Å². The van der Waals surface area contributed by atoms with Gasteiger partial charge in [-0.3, -0.25) is 5.41 Å². The fraction of sp³-hybridized carbons (Fsp3) is 0.364. The maximum atomic E-state index is 7.42. The maximum Gasteiger partial charge on any atom is 0.130 e. The molecule has 0 bridgehead atoms. The monoisotopic (exact) mass is 192 g/mol. The van der Waals surface area contributed by atoms with E-state index in [4.69, 9.17) is 15.9 Å². The van der Waals surface area contributed by atoms with E-state index >= 15 is 0 Å². The van der Waals surface area contributed by atoms with Gasteiger partial charge in [0.05, 0.1) is 12.2 Å². The van der Waals surface area contributed by atoms with Crippen LogP contribution in [0.15, 0.2) is 18.2 Å². The zero-order valence-electron chi connectivity index (χ0n) is 8.63. The zero-order valence-corrected chi connectivity index (χ0v) is 8.63. The molecule has 0 saturated carbocycles. The number of hydrogen-bond acceptors (Lipinski definition) is 2. The van der Waals surface area contributed by atoms with Gasteiger partial charge in [0.1, 0.15) is 11.6 Å². The summed E-state index contributed by atoms with van der Waals surface area (Å²) >= 11 is 0. The second kappa shape index (κ2) is 4.65. The summed E-state index contributed by atoms with van der Waals surface area (Å²) in [5, 5.41) is 7.42. The second-order valence-corrected chi connectivity index (χ2v) is 3.03. The third kappa shape index (κ3) is 2.25. The molecule has 3 N–H and O–H groups in total. The first-order chi connectivity index (χ1) is 6.69. The van der Waals surface area contributed by atoms with Crippen molar-refractivity contribution in [1.82, 2.24) is 0 Å². The summed E-state index contributed by atoms with van der Waals surface area (Å²) in [5.74, 6) is 0.751. The summed E-state index contributed by atoms with van der Waals surface area (Å²) in [5.41, 5.74) is 7.32. The molecule has 1 aromatic carbocycles. The Bertz CT molecular complexity index is 334. The van der Waals surface area contributed by atoms with Crippen molar-refractivity contribution in [3.63, 3.8) is 0 Å². The lowest BCUT2D eigenvalue weighted by molar-refractivity contribution is 0.339. The molecule has 0 spiro atoms. The summed E-state index contributed by atoms with van der Waals surface area (Å²) in [7, 11) is 0. The highest BCUT2D eigenvalue weighted by atomic mass is 16.5. The molecule has 0 amide bonds. The van der Waals surface area contributed by atoms with Crippen LogP contribution in [0.1, 0.15) is 25.0 Å². The molecule has 3 heteroatoms. The van der Waals surface area contributed by atoms with E-state index in [2.05, 4.69) is 6.92 Å². The first-order valence-electron chi connectivity index (χ1n) is 4.79. The van der Waals surface area contributed by atoms with E-state index in [0.717, 1.165) is 6.42 Å². The SMILES string of the molecule is CCOc1ccc(CC)cc1C(=N)N. The van der Waals surface area contributed by atoms with Crippen molar-refractivity contribution in [2.24, 2.45) is 5.73 Å². The predicted molar refractivity (Wildman–Crippen MR) is 58.0 cm³/mol. The Labute approximate surface area is 84.4 Å². The smallest absolute Gasteiger partial charge is 0.130 e. The van der Waals surface area contributed by atoms with Crippen molar-refractivity contribution in [2.45, 2.75) is 20.3 Å². The van der Waals surface area contributed by atoms with Crippen LogP contribution in [0.2, 0.25) is 0 Å². The van der Waals surface area contributed by atoms with E-state index in [1.165, 1.54) is 5.56 Å². The Hall–Kier alpha value is -1.51. The summed E-state index contributed by atoms with van der Waals surface area (Å²) in [6.07, 6.45) is 0.937. The maximum absolute atomic E-state index is 7.42. The van der Waals surface area contributed by atoms with Gasteiger partial charge in [-0.05, 0) is 31.0 Å². The highest BCUT2D eigenvalue weighted by molar-refractivity contribution is 5.97. The lowest BCUT2D eigenvalue weighted by Gasteiger charge is -2.10. The summed E-state index contributed by atoms with van der Waals surface area (Å²) in [6.45, 7) is 4.57. The Morgan fingerprint density at radius 2 is 2.14 bits per heavy atom. The molecule has 1 rings (SSSR count). The van der Waals surface area contributed by atoms with Gasteiger partial charge in [0.2, 0.25) is 0 Å². The van der Waals surface area contributed by atoms with Crippen LogP contribution in [-0.4, -0.2) is 12.4 Å². The molecular formula is C11H16N2O. The molecule has 0 radical (unpaired) electrons. The van der Waals surface area contributed by atoms with Crippen molar-refractivity contribution < 1.29 is 4.74 Å². The van der Waals surface area contributed by atoms with Crippen molar-refractivity contribution >= 4 is 5.84 Å². The predicted octanol–water partition coefficient (Wildman–Crippen LogP) is 1.93. The number of amidine groups is 1. The standard InChI is InChI=1S/C11H16N2O/c1-3-8-5-6-10(14-4-2)9(7-8)11(12)13/h5-7H,3-4H2,1-2H3,(H3,12,13). The number of aryl methyl sites for hydroxylation is 1. The van der Waals surface area contributed by atoms with Crippen LogP contribution in [0.3, 0.4) is 0 Å². The third-order valence-corrected chi connectivity index (χ3v) is 2.04. The molecule has 0 aromatic heterocycles. The largest absolute Gasteiger partial charge is 0.493 e. The van der Waals surface area contributed by atoms with Crippen LogP contribution in [-0.2, 0) is 6.42 Å². The van der Waals surface area contributed by atoms with Crippen molar-refractivity contribution in [3.8, 4) is 5.75 Å². The Balaban J connectivity index is 3.10. The number of hydrogen-bond donors (Lipinski definition) is 2. The third-order valence-electron chi connectivity index (χ3n) is 2.04. The fourth-order valence-electron chi connectivity index (χ4n) is 1.29. The Kier molecular flexibility index (Phi) is 3.51. The molecule has 0 heterocycles. The molecule has 3 nitrogen and oxygen atoms in total. The van der Waals surface area contributed by atoms with Gasteiger partial charge >= 0.3 is 0 Å². The Morgan fingerprint density at radius 3 is 2.64 bits per heavy atom. The molecule has 0 unspecified atom stereocenters. The van der Waals surface area contributed by atoms with Crippen molar-refractivity contribution in [3.05, 3.63) is 29.3 Å². The number of ether oxygens (including phenoxy) is 1. The van der Waals surface area contributed by atoms with E-state index in [9.17, 15) is 0 Å². The first kappa shape index (κ1) is 10.6. The number of nitrogen functional groups attached to an aromatic ring is 1. The molecule has 0 atom stereocenters. The average molecular weight is 192 g/mol. The van der Waals surface area contributed by atoms with E-state index in [0.29, 0.717) is 17.9 Å². The lowest BCUT2D eigenvalue weighted by Crippen LogP contribution is -2.13. The quantitative estimate of drug-likeness (QED) is 0.565. The number of rotatable bonds is 4. The van der Waals surface area contributed by atoms with Gasteiger partial charge < -0.3 is 10.5 Å². The van der Waals surface area contributed by atoms with Gasteiger partial charge in [0.15, 0.2) is 0 Å². The normalized spacial score (nSPS) is 9.86. The average Bonchev–Trinajstić information content (AvgIpc) is 2.18. The number of nitrogens with one attached hydrogen (secondary N) is 1. The van der Waals surface area contributed by atoms with Gasteiger partial charge in [-0.15, -0.1) is 0 Å². The van der Waals surface area contributed by atoms with E-state index in [-0.39, 0.29) is 5.84 Å². The van der Waals surface area contributed by atoms with Crippen molar-refractivity contribution in [1.29, 1.82) is 5.41 Å². The summed E-state index contributed by atoms with van der Waals surface area (Å²) < 4.78 is 5.38. The van der Waals surface area contributed by atoms with Crippen LogP contribution in [0.4, 0.5) is 0 Å². The van der Waals surface area contributed by atoms with E-state index < -0.39 is 0 Å². The van der Waals surface area contributed by atoms with Crippen LogP contribution in [0.25, 0.3) is 0 Å². The number of benzene rings is 1. The highest BCUT2D eigenvalue weighted by Gasteiger charge is 2.06. The molecule has 1 aromatic rings. The lowest BCUT2D eigenvalue weighted by atomic mass is 10.1. The molecule has 76 valence electrons. The summed E-state index contributed by atoms with van der Waals surface area (Å²) in [6, 6.07) is 5.78. The van der Waals surface area contributed by atoms with Crippen LogP contribution < -0.4 is 10.5 Å². The fourth-order valence-corrected chi connectivity index (χ4v) is 1.29. The van der Waals surface area contributed by atoms with Crippen LogP contribution in [0.5, 0.6) is 5.75 Å². The molecule has 14 heavy (non-hydrogen) atoms. The molecular weight excluding hydrogens is 176 g/mol. The van der Waals surface area contributed by atoms with Gasteiger partial charge in [-0.25, -0.2) is 0 Å². The molecule has 0 aliphatic carbocycles. The zero-order chi connectivity index (χ0) is 10.6.